The third kappa shape index (κ3) is 1.78. The Labute approximate surface area is 99.0 Å². The molecule has 0 spiro atoms. The van der Waals surface area contributed by atoms with Crippen LogP contribution in [0.15, 0.2) is 40.2 Å². The van der Waals surface area contributed by atoms with Crippen LogP contribution in [0, 0.1) is 0 Å². The minimum atomic E-state index is -5.47. The van der Waals surface area contributed by atoms with E-state index in [1.807, 2.05) is 0 Å². The Bertz CT molecular complexity index is 762. The molecule has 4 nitrogen and oxygen atoms in total. The topological polar surface area (TPSA) is 67.0 Å². The number of H-pyrrole nitrogens is 1. The molecular formula is C10H6F3NO3S. The second-order valence-electron chi connectivity index (χ2n) is 3.47. The van der Waals surface area contributed by atoms with E-state index in [1.54, 1.807) is 0 Å². The van der Waals surface area contributed by atoms with Crippen LogP contribution in [0.25, 0.3) is 10.8 Å². The van der Waals surface area contributed by atoms with E-state index in [1.165, 1.54) is 6.07 Å². The molecule has 0 saturated carbocycles. The number of rotatable bonds is 1. The summed E-state index contributed by atoms with van der Waals surface area (Å²) in [6, 6.07) is 4.29. The van der Waals surface area contributed by atoms with Crippen LogP contribution in [0.1, 0.15) is 0 Å². The van der Waals surface area contributed by atoms with E-state index in [0.29, 0.717) is 0 Å². The number of pyridine rings is 1. The van der Waals surface area contributed by atoms with Gasteiger partial charge in [0.05, 0.1) is 4.90 Å². The molecule has 0 fully saturated rings. The van der Waals surface area contributed by atoms with Gasteiger partial charge in [0.2, 0.25) is 0 Å². The first-order valence-corrected chi connectivity index (χ1v) is 6.15. The maximum Gasteiger partial charge on any atom is 0.501 e. The lowest BCUT2D eigenvalue weighted by Crippen LogP contribution is -2.23. The van der Waals surface area contributed by atoms with Gasteiger partial charge in [0.25, 0.3) is 15.4 Å². The first-order valence-electron chi connectivity index (χ1n) is 4.67. The van der Waals surface area contributed by atoms with E-state index in [-0.39, 0.29) is 10.8 Å². The predicted octanol–water partition coefficient (Wildman–Crippen LogP) is 1.82. The fourth-order valence-electron chi connectivity index (χ4n) is 1.55. The van der Waals surface area contributed by atoms with Gasteiger partial charge in [-0.05, 0) is 18.2 Å². The molecule has 0 atom stereocenters. The normalized spacial score (nSPS) is 12.8. The molecule has 0 aliphatic rings. The van der Waals surface area contributed by atoms with Gasteiger partial charge in [0.1, 0.15) is 0 Å². The van der Waals surface area contributed by atoms with Gasteiger partial charge in [-0.1, -0.05) is 6.07 Å². The number of aromatic amines is 1. The molecule has 2 aromatic rings. The Morgan fingerprint density at radius 3 is 2.33 bits per heavy atom. The molecular weight excluding hydrogens is 271 g/mol. The molecule has 0 radical (unpaired) electrons. The van der Waals surface area contributed by atoms with Gasteiger partial charge in [-0.15, -0.1) is 0 Å². The van der Waals surface area contributed by atoms with Crippen molar-refractivity contribution in [2.75, 3.05) is 0 Å². The summed E-state index contributed by atoms with van der Waals surface area (Å²) >= 11 is 0. The smallest absolute Gasteiger partial charge is 0.329 e. The van der Waals surface area contributed by atoms with Crippen molar-refractivity contribution in [1.29, 1.82) is 0 Å². The van der Waals surface area contributed by atoms with Gasteiger partial charge in [0.15, 0.2) is 0 Å². The number of aromatic nitrogens is 1. The van der Waals surface area contributed by atoms with Crippen LogP contribution >= 0.6 is 0 Å². The Hall–Kier alpha value is -1.83. The summed E-state index contributed by atoms with van der Waals surface area (Å²) in [6.45, 7) is 0. The van der Waals surface area contributed by atoms with Crippen molar-refractivity contribution in [1.82, 2.24) is 4.98 Å². The maximum absolute atomic E-state index is 12.5. The van der Waals surface area contributed by atoms with Gasteiger partial charge in [-0.3, -0.25) is 4.79 Å². The lowest BCUT2D eigenvalue weighted by Gasteiger charge is -2.10. The standard InChI is InChI=1S/C10H6F3NO3S/c11-10(12,13)18(16,17)8-3-1-2-7-6(8)4-5-14-9(7)15/h1-5H,(H,14,15). The molecule has 1 aromatic heterocycles. The Morgan fingerprint density at radius 1 is 1.06 bits per heavy atom. The highest BCUT2D eigenvalue weighted by molar-refractivity contribution is 7.92. The quantitative estimate of drug-likeness (QED) is 0.864. The van der Waals surface area contributed by atoms with E-state index in [4.69, 9.17) is 0 Å². The van der Waals surface area contributed by atoms with Crippen molar-refractivity contribution in [3.63, 3.8) is 0 Å². The third-order valence-corrected chi connectivity index (χ3v) is 3.91. The lowest BCUT2D eigenvalue weighted by molar-refractivity contribution is -0.0435. The summed E-state index contributed by atoms with van der Waals surface area (Å²) in [5.74, 6) is 0. The number of nitrogens with one attached hydrogen (secondary N) is 1. The van der Waals surface area contributed by atoms with Gasteiger partial charge in [-0.2, -0.15) is 13.2 Å². The minimum absolute atomic E-state index is 0.108. The number of hydrogen-bond acceptors (Lipinski definition) is 3. The Kier molecular flexibility index (Phi) is 2.69. The highest BCUT2D eigenvalue weighted by Crippen LogP contribution is 2.33. The molecule has 0 unspecified atom stereocenters. The second kappa shape index (κ2) is 3.84. The van der Waals surface area contributed by atoms with Crippen molar-refractivity contribution < 1.29 is 21.6 Å². The molecule has 2 rings (SSSR count). The van der Waals surface area contributed by atoms with Crippen LogP contribution in [0.5, 0.6) is 0 Å². The number of halogens is 3. The molecule has 18 heavy (non-hydrogen) atoms. The van der Waals surface area contributed by atoms with Gasteiger partial charge < -0.3 is 4.98 Å². The summed E-state index contributed by atoms with van der Waals surface area (Å²) in [4.78, 5) is 12.7. The summed E-state index contributed by atoms with van der Waals surface area (Å²) in [5.41, 5.74) is -6.05. The zero-order chi connectivity index (χ0) is 13.6. The third-order valence-electron chi connectivity index (χ3n) is 2.37. The second-order valence-corrected chi connectivity index (χ2v) is 5.38. The van der Waals surface area contributed by atoms with Crippen LogP contribution in [0.4, 0.5) is 13.2 Å². The van der Waals surface area contributed by atoms with Crippen LogP contribution in [0.3, 0.4) is 0 Å². The zero-order valence-electron chi connectivity index (χ0n) is 8.65. The largest absolute Gasteiger partial charge is 0.501 e. The van der Waals surface area contributed by atoms with Crippen molar-refractivity contribution in [2.45, 2.75) is 10.4 Å². The van der Waals surface area contributed by atoms with E-state index < -0.39 is 25.8 Å². The number of hydrogen-bond donors (Lipinski definition) is 1. The van der Waals surface area contributed by atoms with Gasteiger partial charge in [-0.25, -0.2) is 8.42 Å². The summed E-state index contributed by atoms with van der Waals surface area (Å²) < 4.78 is 60.1. The zero-order valence-corrected chi connectivity index (χ0v) is 9.47. The van der Waals surface area contributed by atoms with Crippen LogP contribution in [0.2, 0.25) is 0 Å². The molecule has 0 aliphatic carbocycles. The van der Waals surface area contributed by atoms with Gasteiger partial charge >= 0.3 is 5.51 Å². The lowest BCUT2D eigenvalue weighted by atomic mass is 10.2. The van der Waals surface area contributed by atoms with E-state index >= 15 is 0 Å². The first kappa shape index (κ1) is 12.6. The summed E-state index contributed by atoms with van der Waals surface area (Å²) in [7, 11) is -5.47. The molecule has 0 aliphatic heterocycles. The maximum atomic E-state index is 12.5. The molecule has 96 valence electrons. The molecule has 8 heteroatoms. The first-order chi connectivity index (χ1) is 8.25. The number of alkyl halides is 3. The van der Waals surface area contributed by atoms with E-state index in [0.717, 1.165) is 24.4 Å². The summed E-state index contributed by atoms with van der Waals surface area (Å²) in [5, 5.41) is -0.360. The highest BCUT2D eigenvalue weighted by Gasteiger charge is 2.47. The Balaban J connectivity index is 2.91. The monoisotopic (exact) mass is 277 g/mol. The van der Waals surface area contributed by atoms with Crippen LogP contribution in [-0.4, -0.2) is 18.9 Å². The van der Waals surface area contributed by atoms with E-state index in [2.05, 4.69) is 4.98 Å². The van der Waals surface area contributed by atoms with Crippen LogP contribution < -0.4 is 5.56 Å². The average Bonchev–Trinajstić information content (AvgIpc) is 2.27. The van der Waals surface area contributed by atoms with Crippen molar-refractivity contribution in [3.05, 3.63) is 40.8 Å². The number of fused-ring (bicyclic) bond motifs is 1. The van der Waals surface area contributed by atoms with Crippen molar-refractivity contribution >= 4 is 20.6 Å². The van der Waals surface area contributed by atoms with E-state index in [9.17, 15) is 26.4 Å². The average molecular weight is 277 g/mol. The van der Waals surface area contributed by atoms with Crippen molar-refractivity contribution in [2.24, 2.45) is 0 Å². The number of sulfone groups is 1. The Morgan fingerprint density at radius 2 is 1.72 bits per heavy atom. The fourth-order valence-corrected chi connectivity index (χ4v) is 2.53. The molecule has 1 aromatic carbocycles. The number of benzene rings is 1. The molecule has 0 bridgehead atoms. The molecule has 0 saturated heterocycles. The minimum Gasteiger partial charge on any atom is -0.329 e. The highest BCUT2D eigenvalue weighted by atomic mass is 32.2. The van der Waals surface area contributed by atoms with Crippen LogP contribution in [-0.2, 0) is 9.84 Å². The molecule has 1 N–H and O–H groups in total. The summed E-state index contributed by atoms with van der Waals surface area (Å²) in [6.07, 6.45) is 1.10. The molecule has 1 heterocycles. The fraction of sp³-hybridized carbons (Fsp3) is 0.100. The molecule has 0 amide bonds. The van der Waals surface area contributed by atoms with Gasteiger partial charge in [0, 0.05) is 17.0 Å². The predicted molar refractivity (Wildman–Crippen MR) is 57.8 cm³/mol. The van der Waals surface area contributed by atoms with Crippen molar-refractivity contribution in [3.8, 4) is 0 Å². The SMILES string of the molecule is O=c1[nH]ccc2c(S(=O)(=O)C(F)(F)F)cccc12.